The second kappa shape index (κ2) is 8.69. The number of hydrogen-bond donors (Lipinski definition) is 1. The smallest absolute Gasteiger partial charge is 0.279 e. The highest BCUT2D eigenvalue weighted by Crippen LogP contribution is 2.23. The SMILES string of the molecule is O=C(Nc1nc(CN2CCOCC2)cs1)c1nccn2cc(-c3ccc(F)c(F)c3)nc12. The van der Waals surface area contributed by atoms with Gasteiger partial charge in [0.05, 0.1) is 24.6 Å². The first-order valence-corrected chi connectivity index (χ1v) is 10.8. The summed E-state index contributed by atoms with van der Waals surface area (Å²) in [5.41, 5.74) is 2.07. The highest BCUT2D eigenvalue weighted by atomic mass is 32.1. The van der Waals surface area contributed by atoms with Crippen LogP contribution in [0.4, 0.5) is 13.9 Å². The van der Waals surface area contributed by atoms with Gasteiger partial charge < -0.3 is 9.14 Å². The van der Waals surface area contributed by atoms with Gasteiger partial charge in [-0.1, -0.05) is 0 Å². The summed E-state index contributed by atoms with van der Waals surface area (Å²) in [6, 6.07) is 3.53. The van der Waals surface area contributed by atoms with Crippen LogP contribution >= 0.6 is 11.3 Å². The zero-order valence-electron chi connectivity index (χ0n) is 16.8. The van der Waals surface area contributed by atoms with Gasteiger partial charge in [-0.25, -0.2) is 23.7 Å². The summed E-state index contributed by atoms with van der Waals surface area (Å²) in [6.45, 7) is 3.82. The molecule has 32 heavy (non-hydrogen) atoms. The molecule has 1 aliphatic rings. The highest BCUT2D eigenvalue weighted by Gasteiger charge is 2.18. The van der Waals surface area contributed by atoms with Crippen LogP contribution in [0, 0.1) is 11.6 Å². The molecule has 1 saturated heterocycles. The molecule has 0 bridgehead atoms. The average molecular weight is 456 g/mol. The third-order valence-corrected chi connectivity index (χ3v) is 5.87. The van der Waals surface area contributed by atoms with Gasteiger partial charge in [0.15, 0.2) is 28.1 Å². The van der Waals surface area contributed by atoms with Crippen LogP contribution in [-0.4, -0.2) is 56.5 Å². The van der Waals surface area contributed by atoms with Crippen LogP contribution in [0.15, 0.2) is 42.2 Å². The van der Waals surface area contributed by atoms with Gasteiger partial charge in [-0.3, -0.25) is 15.0 Å². The summed E-state index contributed by atoms with van der Waals surface area (Å²) >= 11 is 1.34. The number of carbonyl (C=O) groups excluding carboxylic acids is 1. The number of benzene rings is 1. The maximum absolute atomic E-state index is 13.6. The van der Waals surface area contributed by atoms with Crippen molar-refractivity contribution in [2.45, 2.75) is 6.54 Å². The lowest BCUT2D eigenvalue weighted by molar-refractivity contribution is 0.0337. The lowest BCUT2D eigenvalue weighted by Crippen LogP contribution is -2.35. The van der Waals surface area contributed by atoms with E-state index in [1.54, 1.807) is 16.8 Å². The second-order valence-corrected chi connectivity index (χ2v) is 8.11. The molecule has 1 aromatic carbocycles. The van der Waals surface area contributed by atoms with E-state index in [4.69, 9.17) is 4.74 Å². The van der Waals surface area contributed by atoms with Gasteiger partial charge in [0.1, 0.15) is 0 Å². The predicted molar refractivity (Wildman–Crippen MR) is 115 cm³/mol. The van der Waals surface area contributed by atoms with Crippen molar-refractivity contribution >= 4 is 28.0 Å². The largest absolute Gasteiger partial charge is 0.379 e. The van der Waals surface area contributed by atoms with Crippen molar-refractivity contribution in [1.82, 2.24) is 24.3 Å². The van der Waals surface area contributed by atoms with Crippen molar-refractivity contribution in [3.05, 3.63) is 65.2 Å². The number of imidazole rings is 1. The van der Waals surface area contributed by atoms with Crippen LogP contribution in [0.5, 0.6) is 0 Å². The molecule has 0 atom stereocenters. The Hall–Kier alpha value is -3.28. The van der Waals surface area contributed by atoms with Crippen molar-refractivity contribution < 1.29 is 18.3 Å². The molecule has 1 amide bonds. The van der Waals surface area contributed by atoms with E-state index in [1.165, 1.54) is 23.6 Å². The molecule has 1 aliphatic heterocycles. The molecule has 11 heteroatoms. The number of nitrogens with zero attached hydrogens (tertiary/aromatic N) is 5. The summed E-state index contributed by atoms with van der Waals surface area (Å²) in [6.07, 6.45) is 4.74. The van der Waals surface area contributed by atoms with Crippen molar-refractivity contribution in [1.29, 1.82) is 0 Å². The minimum atomic E-state index is -0.965. The normalized spacial score (nSPS) is 14.7. The number of morpholine rings is 1. The van der Waals surface area contributed by atoms with Gasteiger partial charge in [0.25, 0.3) is 5.91 Å². The molecule has 5 rings (SSSR count). The van der Waals surface area contributed by atoms with Crippen molar-refractivity contribution in [2.24, 2.45) is 0 Å². The number of halogens is 2. The standard InChI is InChI=1S/C21H18F2N6O2S/c22-15-2-1-13(9-16(15)23)17-11-29-4-3-24-18(19(29)26-17)20(30)27-21-25-14(12-32-21)10-28-5-7-31-8-6-28/h1-4,9,11-12H,5-8,10H2,(H,25,27,30). The maximum Gasteiger partial charge on any atom is 0.279 e. The average Bonchev–Trinajstić information content (AvgIpc) is 3.43. The first-order chi connectivity index (χ1) is 15.6. The Morgan fingerprint density at radius 1 is 1.19 bits per heavy atom. The Kier molecular flexibility index (Phi) is 5.60. The van der Waals surface area contributed by atoms with Crippen molar-refractivity contribution in [3.63, 3.8) is 0 Å². The molecule has 0 saturated carbocycles. The van der Waals surface area contributed by atoms with E-state index in [0.29, 0.717) is 41.8 Å². The Morgan fingerprint density at radius 2 is 2.03 bits per heavy atom. The molecule has 4 heterocycles. The monoisotopic (exact) mass is 456 g/mol. The van der Waals surface area contributed by atoms with Crippen LogP contribution in [0.1, 0.15) is 16.2 Å². The third kappa shape index (κ3) is 4.22. The van der Waals surface area contributed by atoms with Gasteiger partial charge in [-0.05, 0) is 18.2 Å². The molecule has 8 nitrogen and oxygen atoms in total. The number of nitrogens with one attached hydrogen (secondary N) is 1. The number of thiazole rings is 1. The Balaban J connectivity index is 1.35. The van der Waals surface area contributed by atoms with E-state index in [9.17, 15) is 13.6 Å². The Bertz CT molecular complexity index is 1280. The summed E-state index contributed by atoms with van der Waals surface area (Å²) in [4.78, 5) is 28.2. The van der Waals surface area contributed by atoms with Crippen LogP contribution in [0.3, 0.4) is 0 Å². The molecular weight excluding hydrogens is 438 g/mol. The lowest BCUT2D eigenvalue weighted by Gasteiger charge is -2.25. The van der Waals surface area contributed by atoms with E-state index in [1.807, 2.05) is 5.38 Å². The van der Waals surface area contributed by atoms with Gasteiger partial charge in [-0.2, -0.15) is 0 Å². The number of anilines is 1. The van der Waals surface area contributed by atoms with Crippen molar-refractivity contribution in [2.75, 3.05) is 31.6 Å². The lowest BCUT2D eigenvalue weighted by atomic mass is 10.1. The molecule has 0 unspecified atom stereocenters. The van der Waals surface area contributed by atoms with E-state index >= 15 is 0 Å². The number of ether oxygens (including phenoxy) is 1. The summed E-state index contributed by atoms with van der Waals surface area (Å²) < 4.78 is 33.8. The number of aromatic nitrogens is 4. The molecule has 0 radical (unpaired) electrons. The Morgan fingerprint density at radius 3 is 2.84 bits per heavy atom. The molecule has 4 aromatic rings. The van der Waals surface area contributed by atoms with Crippen LogP contribution in [0.2, 0.25) is 0 Å². The van der Waals surface area contributed by atoms with Gasteiger partial charge in [-0.15, -0.1) is 11.3 Å². The van der Waals surface area contributed by atoms with Crippen LogP contribution < -0.4 is 5.32 Å². The number of hydrogen-bond acceptors (Lipinski definition) is 7. The quantitative estimate of drug-likeness (QED) is 0.497. The first kappa shape index (κ1) is 20.6. The third-order valence-electron chi connectivity index (χ3n) is 5.07. The zero-order valence-corrected chi connectivity index (χ0v) is 17.6. The topological polar surface area (TPSA) is 84.7 Å². The minimum absolute atomic E-state index is 0.103. The van der Waals surface area contributed by atoms with Crippen molar-refractivity contribution in [3.8, 4) is 11.3 Å². The number of carbonyl (C=O) groups is 1. The van der Waals surface area contributed by atoms with E-state index in [0.717, 1.165) is 30.9 Å². The first-order valence-electron chi connectivity index (χ1n) is 9.92. The second-order valence-electron chi connectivity index (χ2n) is 7.25. The highest BCUT2D eigenvalue weighted by molar-refractivity contribution is 7.14. The number of amides is 1. The fourth-order valence-corrected chi connectivity index (χ4v) is 4.15. The molecule has 0 spiro atoms. The molecule has 1 N–H and O–H groups in total. The number of fused-ring (bicyclic) bond motifs is 1. The molecule has 1 fully saturated rings. The fraction of sp³-hybridized carbons (Fsp3) is 0.238. The summed E-state index contributed by atoms with van der Waals surface area (Å²) in [7, 11) is 0. The van der Waals surface area contributed by atoms with E-state index < -0.39 is 17.5 Å². The zero-order chi connectivity index (χ0) is 22.1. The number of rotatable bonds is 5. The summed E-state index contributed by atoms with van der Waals surface area (Å²) in [5, 5.41) is 5.15. The molecule has 164 valence electrons. The van der Waals surface area contributed by atoms with Crippen LogP contribution in [-0.2, 0) is 11.3 Å². The minimum Gasteiger partial charge on any atom is -0.379 e. The maximum atomic E-state index is 13.6. The van der Waals surface area contributed by atoms with Gasteiger partial charge in [0, 0.05) is 49.2 Å². The fourth-order valence-electron chi connectivity index (χ4n) is 3.46. The van der Waals surface area contributed by atoms with E-state index in [-0.39, 0.29) is 5.69 Å². The molecule has 0 aliphatic carbocycles. The van der Waals surface area contributed by atoms with Gasteiger partial charge in [0.2, 0.25) is 0 Å². The van der Waals surface area contributed by atoms with Gasteiger partial charge >= 0.3 is 0 Å². The summed E-state index contributed by atoms with van der Waals surface area (Å²) in [5.74, 6) is -2.35. The van der Waals surface area contributed by atoms with Crippen LogP contribution in [0.25, 0.3) is 16.9 Å². The molecular formula is C21H18F2N6O2S. The predicted octanol–water partition coefficient (Wildman–Crippen LogP) is 3.22. The van der Waals surface area contributed by atoms with E-state index in [2.05, 4.69) is 25.2 Å². The molecule has 3 aromatic heterocycles. The Labute approximate surface area is 185 Å².